The summed E-state index contributed by atoms with van der Waals surface area (Å²) in [5.74, 6) is 0.258. The van der Waals surface area contributed by atoms with Crippen LogP contribution >= 0.6 is 27.5 Å². The van der Waals surface area contributed by atoms with Crippen LogP contribution in [0.25, 0.3) is 0 Å². The van der Waals surface area contributed by atoms with Crippen molar-refractivity contribution < 1.29 is 9.50 Å². The van der Waals surface area contributed by atoms with Crippen molar-refractivity contribution in [1.82, 2.24) is 0 Å². The average molecular weight is 296 g/mol. The van der Waals surface area contributed by atoms with Crippen molar-refractivity contribution >= 4 is 27.5 Å². The SMILES string of the molecule is OC(CCCCl)Cc1cc(F)cc(Br)c1. The first-order chi connectivity index (χ1) is 7.11. The normalized spacial score (nSPS) is 12.8. The Morgan fingerprint density at radius 2 is 2.13 bits per heavy atom. The Morgan fingerprint density at radius 3 is 2.73 bits per heavy atom. The molecule has 0 heterocycles. The van der Waals surface area contributed by atoms with Crippen LogP contribution in [-0.4, -0.2) is 17.1 Å². The maximum absolute atomic E-state index is 13.0. The lowest BCUT2D eigenvalue weighted by molar-refractivity contribution is 0.164. The summed E-state index contributed by atoms with van der Waals surface area (Å²) in [6, 6.07) is 4.65. The van der Waals surface area contributed by atoms with Crippen LogP contribution in [0.1, 0.15) is 18.4 Å². The lowest BCUT2D eigenvalue weighted by atomic mass is 10.0. The molecule has 0 aliphatic rings. The predicted molar refractivity (Wildman–Crippen MR) is 63.8 cm³/mol. The summed E-state index contributed by atoms with van der Waals surface area (Å²) in [5.41, 5.74) is 0.795. The van der Waals surface area contributed by atoms with Crippen molar-refractivity contribution in [1.29, 1.82) is 0 Å². The van der Waals surface area contributed by atoms with Gasteiger partial charge in [-0.15, -0.1) is 11.6 Å². The summed E-state index contributed by atoms with van der Waals surface area (Å²) in [4.78, 5) is 0. The average Bonchev–Trinajstić information content (AvgIpc) is 2.13. The highest BCUT2D eigenvalue weighted by Crippen LogP contribution is 2.17. The van der Waals surface area contributed by atoms with Crippen molar-refractivity contribution in [3.05, 3.63) is 34.1 Å². The molecule has 1 atom stereocenters. The fourth-order valence-corrected chi connectivity index (χ4v) is 2.08. The van der Waals surface area contributed by atoms with Crippen molar-refractivity contribution in [2.45, 2.75) is 25.4 Å². The molecule has 4 heteroatoms. The van der Waals surface area contributed by atoms with Gasteiger partial charge < -0.3 is 5.11 Å². The number of hydrogen-bond donors (Lipinski definition) is 1. The molecule has 1 unspecified atom stereocenters. The summed E-state index contributed by atoms with van der Waals surface area (Å²) in [5, 5.41) is 9.62. The van der Waals surface area contributed by atoms with Crippen LogP contribution in [0.15, 0.2) is 22.7 Å². The maximum Gasteiger partial charge on any atom is 0.124 e. The van der Waals surface area contributed by atoms with E-state index in [1.807, 2.05) is 6.07 Å². The molecule has 0 amide bonds. The number of aliphatic hydroxyl groups excluding tert-OH is 1. The maximum atomic E-state index is 13.0. The van der Waals surface area contributed by atoms with Crippen molar-refractivity contribution in [3.8, 4) is 0 Å². The minimum atomic E-state index is -0.447. The van der Waals surface area contributed by atoms with Gasteiger partial charge in [0.25, 0.3) is 0 Å². The van der Waals surface area contributed by atoms with Crippen LogP contribution in [0.4, 0.5) is 4.39 Å². The molecule has 84 valence electrons. The largest absolute Gasteiger partial charge is 0.393 e. The molecule has 0 spiro atoms. The Bertz CT molecular complexity index is 299. The lowest BCUT2D eigenvalue weighted by Crippen LogP contribution is -2.10. The molecule has 0 aliphatic heterocycles. The summed E-state index contributed by atoms with van der Waals surface area (Å²) in [7, 11) is 0. The molecule has 0 aliphatic carbocycles. The molecule has 1 aromatic carbocycles. The van der Waals surface area contributed by atoms with E-state index in [-0.39, 0.29) is 5.82 Å². The molecular formula is C11H13BrClFO. The van der Waals surface area contributed by atoms with Gasteiger partial charge in [-0.2, -0.15) is 0 Å². The van der Waals surface area contributed by atoms with Crippen LogP contribution in [0, 0.1) is 5.82 Å². The van der Waals surface area contributed by atoms with Crippen LogP contribution in [0.3, 0.4) is 0 Å². The van der Waals surface area contributed by atoms with E-state index in [0.29, 0.717) is 23.2 Å². The molecule has 0 saturated carbocycles. The summed E-state index contributed by atoms with van der Waals surface area (Å²) >= 11 is 8.73. The van der Waals surface area contributed by atoms with E-state index in [1.54, 1.807) is 0 Å². The quantitative estimate of drug-likeness (QED) is 0.824. The summed E-state index contributed by atoms with van der Waals surface area (Å²) in [6.45, 7) is 0. The molecular weight excluding hydrogens is 282 g/mol. The third-order valence-corrected chi connectivity index (χ3v) is 2.79. The summed E-state index contributed by atoms with van der Waals surface area (Å²) < 4.78 is 13.7. The Hall–Kier alpha value is -0.120. The van der Waals surface area contributed by atoms with E-state index in [1.165, 1.54) is 12.1 Å². The zero-order valence-corrected chi connectivity index (χ0v) is 10.6. The van der Waals surface area contributed by atoms with Crippen molar-refractivity contribution in [2.75, 3.05) is 5.88 Å². The van der Waals surface area contributed by atoms with Crippen LogP contribution < -0.4 is 0 Å². The third kappa shape index (κ3) is 4.96. The van der Waals surface area contributed by atoms with E-state index in [0.717, 1.165) is 12.0 Å². The second-order valence-corrected chi connectivity index (χ2v) is 4.76. The number of halogens is 3. The van der Waals surface area contributed by atoms with E-state index in [4.69, 9.17) is 11.6 Å². The van der Waals surface area contributed by atoms with Gasteiger partial charge in [-0.3, -0.25) is 0 Å². The fraction of sp³-hybridized carbons (Fsp3) is 0.455. The van der Waals surface area contributed by atoms with Gasteiger partial charge in [0.2, 0.25) is 0 Å². The Balaban J connectivity index is 2.56. The first-order valence-electron chi connectivity index (χ1n) is 4.81. The van der Waals surface area contributed by atoms with Gasteiger partial charge in [0.05, 0.1) is 6.10 Å². The van der Waals surface area contributed by atoms with Gasteiger partial charge in [-0.05, 0) is 43.0 Å². The van der Waals surface area contributed by atoms with E-state index in [9.17, 15) is 9.50 Å². The minimum Gasteiger partial charge on any atom is -0.393 e. The second-order valence-electron chi connectivity index (χ2n) is 3.47. The Labute approximate surface area is 102 Å². The van der Waals surface area contributed by atoms with Gasteiger partial charge >= 0.3 is 0 Å². The minimum absolute atomic E-state index is 0.288. The van der Waals surface area contributed by atoms with E-state index < -0.39 is 6.10 Å². The van der Waals surface area contributed by atoms with Gasteiger partial charge in [-0.25, -0.2) is 4.39 Å². The Morgan fingerprint density at radius 1 is 1.40 bits per heavy atom. The molecule has 1 N–H and O–H groups in total. The summed E-state index contributed by atoms with van der Waals surface area (Å²) in [6.07, 6.45) is 1.45. The third-order valence-electron chi connectivity index (χ3n) is 2.06. The van der Waals surface area contributed by atoms with Crippen molar-refractivity contribution in [2.24, 2.45) is 0 Å². The number of benzene rings is 1. The zero-order chi connectivity index (χ0) is 11.3. The number of rotatable bonds is 5. The number of alkyl halides is 1. The monoisotopic (exact) mass is 294 g/mol. The van der Waals surface area contributed by atoms with E-state index >= 15 is 0 Å². The molecule has 1 aromatic rings. The van der Waals surface area contributed by atoms with E-state index in [2.05, 4.69) is 15.9 Å². The van der Waals surface area contributed by atoms with Crippen LogP contribution in [0.2, 0.25) is 0 Å². The fourth-order valence-electron chi connectivity index (χ4n) is 1.42. The smallest absolute Gasteiger partial charge is 0.124 e. The molecule has 1 rings (SSSR count). The Kier molecular flexibility index (Phi) is 5.58. The molecule has 1 nitrogen and oxygen atoms in total. The molecule has 15 heavy (non-hydrogen) atoms. The zero-order valence-electron chi connectivity index (χ0n) is 8.22. The number of aliphatic hydroxyl groups is 1. The first-order valence-corrected chi connectivity index (χ1v) is 6.13. The highest BCUT2D eigenvalue weighted by molar-refractivity contribution is 9.10. The molecule has 0 aromatic heterocycles. The molecule has 0 radical (unpaired) electrons. The van der Waals surface area contributed by atoms with Crippen LogP contribution in [0.5, 0.6) is 0 Å². The second kappa shape index (κ2) is 6.46. The lowest BCUT2D eigenvalue weighted by Gasteiger charge is -2.09. The van der Waals surface area contributed by atoms with Crippen LogP contribution in [-0.2, 0) is 6.42 Å². The molecule has 0 bridgehead atoms. The van der Waals surface area contributed by atoms with Crippen molar-refractivity contribution in [3.63, 3.8) is 0 Å². The van der Waals surface area contributed by atoms with Gasteiger partial charge in [0, 0.05) is 10.4 Å². The van der Waals surface area contributed by atoms with Gasteiger partial charge in [0.1, 0.15) is 5.82 Å². The standard InChI is InChI=1S/C11H13BrClFO/c12-9-4-8(5-10(14)7-9)6-11(15)2-1-3-13/h4-5,7,11,15H,1-3,6H2. The van der Waals surface area contributed by atoms with Gasteiger partial charge in [0.15, 0.2) is 0 Å². The highest BCUT2D eigenvalue weighted by Gasteiger charge is 2.06. The molecule has 0 fully saturated rings. The molecule has 0 saturated heterocycles. The van der Waals surface area contributed by atoms with Gasteiger partial charge in [-0.1, -0.05) is 15.9 Å². The predicted octanol–water partition coefficient (Wildman–Crippen LogP) is 3.51. The highest BCUT2D eigenvalue weighted by atomic mass is 79.9. The topological polar surface area (TPSA) is 20.2 Å². The first kappa shape index (κ1) is 12.9. The number of hydrogen-bond acceptors (Lipinski definition) is 1.